The molecular formula is C15H21N6O4+. The minimum atomic E-state index is -0.654. The molecule has 1 unspecified atom stereocenters. The number of imide groups is 1. The number of hydrazone groups is 1. The van der Waals surface area contributed by atoms with Crippen molar-refractivity contribution in [3.63, 3.8) is 0 Å². The van der Waals surface area contributed by atoms with Crippen LogP contribution >= 0.6 is 0 Å². The number of nitrogens with zero attached hydrogens (tertiary/aromatic N) is 6. The Bertz CT molecular complexity index is 740. The highest BCUT2D eigenvalue weighted by Crippen LogP contribution is 2.22. The maximum absolute atomic E-state index is 12.6. The number of esters is 1. The van der Waals surface area contributed by atoms with Gasteiger partial charge in [-0.1, -0.05) is 4.99 Å². The molecule has 3 amide bonds. The fourth-order valence-electron chi connectivity index (χ4n) is 3.06. The van der Waals surface area contributed by atoms with Crippen molar-refractivity contribution in [3.8, 4) is 0 Å². The van der Waals surface area contributed by atoms with E-state index in [1.165, 1.54) is 11.9 Å². The Morgan fingerprint density at radius 1 is 1.32 bits per heavy atom. The summed E-state index contributed by atoms with van der Waals surface area (Å²) in [6.07, 6.45) is 0.153. The molecule has 1 fully saturated rings. The number of carbonyl (C=O) groups is 3. The second kappa shape index (κ2) is 6.26. The third kappa shape index (κ3) is 2.77. The first-order chi connectivity index (χ1) is 11.8. The van der Waals surface area contributed by atoms with Gasteiger partial charge in [-0.25, -0.2) is 9.37 Å². The monoisotopic (exact) mass is 349 g/mol. The van der Waals surface area contributed by atoms with Gasteiger partial charge in [0.15, 0.2) is 0 Å². The molecule has 0 aromatic carbocycles. The third-order valence-electron chi connectivity index (χ3n) is 4.26. The van der Waals surface area contributed by atoms with Crippen LogP contribution in [0.1, 0.15) is 20.3 Å². The molecule has 10 nitrogen and oxygen atoms in total. The number of amidine groups is 1. The fourth-order valence-corrected chi connectivity index (χ4v) is 3.06. The van der Waals surface area contributed by atoms with Gasteiger partial charge in [0.25, 0.3) is 5.91 Å². The van der Waals surface area contributed by atoms with Crippen LogP contribution in [0.2, 0.25) is 0 Å². The average molecular weight is 349 g/mol. The number of likely N-dealkylation sites (N-methyl/N-ethyl adjacent to an activating group) is 2. The predicted molar refractivity (Wildman–Crippen MR) is 88.4 cm³/mol. The standard InChI is InChI=1S/C15H21N6O4/c1-5-25-10(22)6-7-21-14-16-12-11(20(14)8-9(2)17-21)13(23)19(4)15(24)18(12)3/h11H,5-8H2,1-4H3/q+1. The van der Waals surface area contributed by atoms with Gasteiger partial charge in [-0.3, -0.25) is 19.4 Å². The van der Waals surface area contributed by atoms with Crippen molar-refractivity contribution in [2.45, 2.75) is 26.3 Å². The lowest BCUT2D eigenvalue weighted by molar-refractivity contribution is -0.527. The first-order valence-electron chi connectivity index (χ1n) is 8.09. The number of aliphatic imine (C=N–C) groups is 1. The van der Waals surface area contributed by atoms with Crippen molar-refractivity contribution in [1.82, 2.24) is 14.8 Å². The van der Waals surface area contributed by atoms with E-state index in [-0.39, 0.29) is 24.8 Å². The quantitative estimate of drug-likeness (QED) is 0.494. The number of hydrogen-bond donors (Lipinski definition) is 0. The summed E-state index contributed by atoms with van der Waals surface area (Å²) in [6.45, 7) is 4.64. The highest BCUT2D eigenvalue weighted by Gasteiger charge is 2.53. The molecule has 0 aromatic heterocycles. The Kier molecular flexibility index (Phi) is 4.27. The maximum atomic E-state index is 12.6. The zero-order valence-corrected chi connectivity index (χ0v) is 14.7. The second-order valence-electron chi connectivity index (χ2n) is 6.05. The fraction of sp³-hybridized carbons (Fsp3) is 0.600. The van der Waals surface area contributed by atoms with Crippen molar-refractivity contribution in [2.75, 3.05) is 33.8 Å². The summed E-state index contributed by atoms with van der Waals surface area (Å²) < 4.78 is 6.75. The van der Waals surface area contributed by atoms with Crippen molar-refractivity contribution >= 4 is 35.4 Å². The lowest BCUT2D eigenvalue weighted by Crippen LogP contribution is -2.62. The maximum Gasteiger partial charge on any atom is 0.416 e. The molecular weight excluding hydrogens is 328 g/mol. The number of ether oxygens (including phenoxy) is 1. The van der Waals surface area contributed by atoms with E-state index in [1.807, 2.05) is 11.5 Å². The minimum absolute atomic E-state index is 0.153. The molecule has 0 spiro atoms. The molecule has 0 bridgehead atoms. The molecule has 10 heteroatoms. The van der Waals surface area contributed by atoms with Gasteiger partial charge in [0.1, 0.15) is 13.1 Å². The minimum Gasteiger partial charge on any atom is -0.466 e. The van der Waals surface area contributed by atoms with Gasteiger partial charge in [0, 0.05) is 14.1 Å². The lowest BCUT2D eigenvalue weighted by Gasteiger charge is -2.32. The Balaban J connectivity index is 1.89. The number of fused-ring (bicyclic) bond motifs is 2. The molecule has 3 heterocycles. The van der Waals surface area contributed by atoms with E-state index in [9.17, 15) is 14.4 Å². The molecule has 0 radical (unpaired) electrons. The highest BCUT2D eigenvalue weighted by molar-refractivity contribution is 6.23. The van der Waals surface area contributed by atoms with Crippen molar-refractivity contribution in [1.29, 1.82) is 0 Å². The summed E-state index contributed by atoms with van der Waals surface area (Å²) in [5, 5.41) is 6.02. The topological polar surface area (TPSA) is 97.9 Å². The highest BCUT2D eigenvalue weighted by atomic mass is 16.5. The number of amides is 3. The Hall–Kier alpha value is -2.78. The van der Waals surface area contributed by atoms with Crippen LogP contribution in [0, 0.1) is 0 Å². The van der Waals surface area contributed by atoms with Crippen LogP contribution in [0.4, 0.5) is 4.79 Å². The smallest absolute Gasteiger partial charge is 0.416 e. The zero-order chi connectivity index (χ0) is 18.3. The van der Waals surface area contributed by atoms with Crippen LogP contribution in [0.5, 0.6) is 0 Å². The van der Waals surface area contributed by atoms with Crippen LogP contribution in [0.3, 0.4) is 0 Å². The normalized spacial score (nSPS) is 22.7. The summed E-state index contributed by atoms with van der Waals surface area (Å²) in [4.78, 5) is 43.3. The van der Waals surface area contributed by atoms with E-state index < -0.39 is 12.1 Å². The summed E-state index contributed by atoms with van der Waals surface area (Å²) in [5.74, 6) is 0.212. The largest absolute Gasteiger partial charge is 0.466 e. The molecule has 1 saturated heterocycles. The van der Waals surface area contributed by atoms with Crippen LogP contribution in [-0.4, -0.2) is 94.6 Å². The van der Waals surface area contributed by atoms with E-state index in [0.717, 1.165) is 10.6 Å². The molecule has 3 rings (SSSR count). The molecule has 3 aliphatic heterocycles. The second-order valence-corrected chi connectivity index (χ2v) is 6.05. The lowest BCUT2D eigenvalue weighted by atomic mass is 10.1. The molecule has 0 N–H and O–H groups in total. The van der Waals surface area contributed by atoms with Gasteiger partial charge < -0.3 is 4.74 Å². The number of urea groups is 1. The van der Waals surface area contributed by atoms with Crippen molar-refractivity contribution in [2.24, 2.45) is 10.1 Å². The summed E-state index contributed by atoms with van der Waals surface area (Å²) >= 11 is 0. The first kappa shape index (κ1) is 17.1. The summed E-state index contributed by atoms with van der Waals surface area (Å²) in [6, 6.07) is -1.07. The van der Waals surface area contributed by atoms with E-state index in [4.69, 9.17) is 4.74 Å². The predicted octanol–water partition coefficient (Wildman–Crippen LogP) is -0.696. The van der Waals surface area contributed by atoms with Crippen LogP contribution in [0.25, 0.3) is 0 Å². The van der Waals surface area contributed by atoms with Gasteiger partial charge in [0.2, 0.25) is 11.9 Å². The SMILES string of the molecule is CCOC(=O)CCN1N=C(C)C[N+]2=C1N=C1C2C(=O)N(C)C(=O)N1C. The van der Waals surface area contributed by atoms with Gasteiger partial charge >= 0.3 is 18.0 Å². The molecule has 0 saturated carbocycles. The van der Waals surface area contributed by atoms with Gasteiger partial charge in [-0.15, -0.1) is 10.1 Å². The van der Waals surface area contributed by atoms with Gasteiger partial charge in [-0.2, -0.15) is 0 Å². The van der Waals surface area contributed by atoms with Gasteiger partial charge in [0.05, 0.1) is 18.7 Å². The average Bonchev–Trinajstić information content (AvgIpc) is 2.95. The van der Waals surface area contributed by atoms with Crippen LogP contribution in [0.15, 0.2) is 10.1 Å². The molecule has 0 aromatic rings. The Morgan fingerprint density at radius 2 is 2.04 bits per heavy atom. The van der Waals surface area contributed by atoms with E-state index in [2.05, 4.69) is 10.1 Å². The molecule has 3 aliphatic rings. The van der Waals surface area contributed by atoms with Crippen molar-refractivity contribution in [3.05, 3.63) is 0 Å². The number of rotatable bonds is 4. The summed E-state index contributed by atoms with van der Waals surface area (Å²) in [5.41, 5.74) is 0.791. The number of hydrogen-bond acceptors (Lipinski definition) is 7. The third-order valence-corrected chi connectivity index (χ3v) is 4.26. The summed E-state index contributed by atoms with van der Waals surface area (Å²) in [7, 11) is 3.05. The molecule has 0 aliphatic carbocycles. The molecule has 1 atom stereocenters. The molecule has 134 valence electrons. The number of carbonyl (C=O) groups excluding carboxylic acids is 3. The van der Waals surface area contributed by atoms with Crippen LogP contribution < -0.4 is 0 Å². The Morgan fingerprint density at radius 3 is 2.72 bits per heavy atom. The van der Waals surface area contributed by atoms with E-state index in [0.29, 0.717) is 24.9 Å². The number of guanidine groups is 1. The van der Waals surface area contributed by atoms with Crippen molar-refractivity contribution < 1.29 is 23.7 Å². The van der Waals surface area contributed by atoms with E-state index >= 15 is 0 Å². The van der Waals surface area contributed by atoms with Gasteiger partial charge in [-0.05, 0) is 13.8 Å². The molecule has 25 heavy (non-hydrogen) atoms. The zero-order valence-electron chi connectivity index (χ0n) is 14.7. The van der Waals surface area contributed by atoms with Crippen LogP contribution in [-0.2, 0) is 14.3 Å². The first-order valence-corrected chi connectivity index (χ1v) is 8.09. The van der Waals surface area contributed by atoms with E-state index in [1.54, 1.807) is 19.0 Å². The Labute approximate surface area is 145 Å².